The van der Waals surface area contributed by atoms with Crippen molar-refractivity contribution >= 4 is 33.5 Å². The Morgan fingerprint density at radius 3 is 2.43 bits per heavy atom. The van der Waals surface area contributed by atoms with Crippen molar-refractivity contribution in [1.29, 1.82) is 0 Å². The molecule has 3 nitrogen and oxygen atoms in total. The van der Waals surface area contributed by atoms with E-state index in [0.717, 1.165) is 42.0 Å². The standard InChI is InChI=1S/C17H17BrN2O/c18-16-3-1-2-4-17(16)19-13-14-5-7-15(8-6-14)20-9-11-21-12-10-20/h1-8,13H,9-12H2. The Labute approximate surface area is 133 Å². The van der Waals surface area contributed by atoms with Crippen LogP contribution in [-0.2, 0) is 4.74 Å². The summed E-state index contributed by atoms with van der Waals surface area (Å²) in [7, 11) is 0. The summed E-state index contributed by atoms with van der Waals surface area (Å²) >= 11 is 3.50. The molecule has 0 amide bonds. The highest BCUT2D eigenvalue weighted by molar-refractivity contribution is 9.10. The SMILES string of the molecule is Brc1ccccc1N=Cc1ccc(N2CCOCC2)cc1. The fraction of sp³-hybridized carbons (Fsp3) is 0.235. The van der Waals surface area contributed by atoms with Crippen molar-refractivity contribution in [3.05, 3.63) is 58.6 Å². The summed E-state index contributed by atoms with van der Waals surface area (Å²) in [5.74, 6) is 0. The van der Waals surface area contributed by atoms with Crippen molar-refractivity contribution in [2.75, 3.05) is 31.2 Å². The molecule has 0 spiro atoms. The zero-order valence-corrected chi connectivity index (χ0v) is 13.3. The van der Waals surface area contributed by atoms with Gasteiger partial charge in [-0.1, -0.05) is 24.3 Å². The van der Waals surface area contributed by atoms with Crippen LogP contribution in [0.5, 0.6) is 0 Å². The van der Waals surface area contributed by atoms with Gasteiger partial charge < -0.3 is 9.64 Å². The first-order valence-corrected chi connectivity index (χ1v) is 7.83. The molecule has 21 heavy (non-hydrogen) atoms. The third-order valence-electron chi connectivity index (χ3n) is 3.47. The first-order valence-electron chi connectivity index (χ1n) is 7.04. The molecule has 3 rings (SSSR count). The van der Waals surface area contributed by atoms with Crippen molar-refractivity contribution < 1.29 is 4.74 Å². The Hall–Kier alpha value is -1.65. The van der Waals surface area contributed by atoms with Gasteiger partial charge in [-0.15, -0.1) is 0 Å². The smallest absolute Gasteiger partial charge is 0.0771 e. The lowest BCUT2D eigenvalue weighted by molar-refractivity contribution is 0.122. The van der Waals surface area contributed by atoms with E-state index in [1.807, 2.05) is 30.5 Å². The van der Waals surface area contributed by atoms with Crippen LogP contribution in [0.25, 0.3) is 0 Å². The van der Waals surface area contributed by atoms with E-state index in [1.165, 1.54) is 5.69 Å². The van der Waals surface area contributed by atoms with Crippen molar-refractivity contribution in [3.8, 4) is 0 Å². The largest absolute Gasteiger partial charge is 0.378 e. The number of halogens is 1. The van der Waals surface area contributed by atoms with Crippen LogP contribution >= 0.6 is 15.9 Å². The lowest BCUT2D eigenvalue weighted by Crippen LogP contribution is -2.36. The molecular formula is C17H17BrN2O. The van der Waals surface area contributed by atoms with Crippen LogP contribution in [0.1, 0.15) is 5.56 Å². The molecule has 108 valence electrons. The van der Waals surface area contributed by atoms with Crippen LogP contribution in [0.4, 0.5) is 11.4 Å². The van der Waals surface area contributed by atoms with E-state index in [-0.39, 0.29) is 0 Å². The predicted molar refractivity (Wildman–Crippen MR) is 90.9 cm³/mol. The summed E-state index contributed by atoms with van der Waals surface area (Å²) in [6, 6.07) is 16.5. The highest BCUT2D eigenvalue weighted by Gasteiger charge is 2.10. The fourth-order valence-corrected chi connectivity index (χ4v) is 2.68. The second-order valence-electron chi connectivity index (χ2n) is 4.90. The van der Waals surface area contributed by atoms with Crippen LogP contribution in [0.15, 0.2) is 58.0 Å². The highest BCUT2D eigenvalue weighted by Crippen LogP contribution is 2.24. The maximum absolute atomic E-state index is 5.38. The van der Waals surface area contributed by atoms with Gasteiger partial charge in [-0.3, -0.25) is 4.99 Å². The van der Waals surface area contributed by atoms with Gasteiger partial charge in [-0.25, -0.2) is 0 Å². The van der Waals surface area contributed by atoms with Gasteiger partial charge in [0.05, 0.1) is 18.9 Å². The molecule has 1 aliphatic rings. The second kappa shape index (κ2) is 6.87. The number of rotatable bonds is 3. The van der Waals surface area contributed by atoms with Gasteiger partial charge in [0, 0.05) is 29.5 Å². The predicted octanol–water partition coefficient (Wildman–Crippen LogP) is 4.04. The number of benzene rings is 2. The van der Waals surface area contributed by atoms with Crippen molar-refractivity contribution in [3.63, 3.8) is 0 Å². The summed E-state index contributed by atoms with van der Waals surface area (Å²) in [6.45, 7) is 3.55. The van der Waals surface area contributed by atoms with Crippen LogP contribution in [-0.4, -0.2) is 32.5 Å². The molecule has 0 N–H and O–H groups in total. The number of ether oxygens (including phenoxy) is 1. The topological polar surface area (TPSA) is 24.8 Å². The van der Waals surface area contributed by atoms with Gasteiger partial charge in [-0.2, -0.15) is 0 Å². The number of nitrogens with zero attached hydrogens (tertiary/aromatic N) is 2. The molecule has 2 aromatic rings. The van der Waals surface area contributed by atoms with Gasteiger partial charge >= 0.3 is 0 Å². The minimum atomic E-state index is 0.811. The van der Waals surface area contributed by atoms with Crippen LogP contribution in [0, 0.1) is 0 Å². The molecule has 2 aromatic carbocycles. The maximum Gasteiger partial charge on any atom is 0.0771 e. The zero-order chi connectivity index (χ0) is 14.5. The van der Waals surface area contributed by atoms with E-state index < -0.39 is 0 Å². The molecule has 0 aliphatic carbocycles. The average molecular weight is 345 g/mol. The number of para-hydroxylation sites is 1. The lowest BCUT2D eigenvalue weighted by Gasteiger charge is -2.28. The number of hydrogen-bond donors (Lipinski definition) is 0. The Morgan fingerprint density at radius 2 is 1.71 bits per heavy atom. The molecule has 1 fully saturated rings. The van der Waals surface area contributed by atoms with E-state index in [0.29, 0.717) is 0 Å². The van der Waals surface area contributed by atoms with E-state index >= 15 is 0 Å². The minimum Gasteiger partial charge on any atom is -0.378 e. The van der Waals surface area contributed by atoms with E-state index in [4.69, 9.17) is 4.74 Å². The molecule has 1 heterocycles. The molecule has 1 aliphatic heterocycles. The van der Waals surface area contributed by atoms with Crippen LogP contribution in [0.3, 0.4) is 0 Å². The Bertz CT molecular complexity index is 619. The molecule has 0 atom stereocenters. The first-order chi connectivity index (χ1) is 10.3. The molecular weight excluding hydrogens is 328 g/mol. The summed E-state index contributed by atoms with van der Waals surface area (Å²) in [6.07, 6.45) is 1.89. The van der Waals surface area contributed by atoms with Gasteiger partial charge in [0.25, 0.3) is 0 Å². The Balaban J connectivity index is 1.71. The quantitative estimate of drug-likeness (QED) is 0.785. The van der Waals surface area contributed by atoms with Gasteiger partial charge in [0.1, 0.15) is 0 Å². The Kier molecular flexibility index (Phi) is 4.68. The first kappa shape index (κ1) is 14.3. The van der Waals surface area contributed by atoms with Crippen molar-refractivity contribution in [2.45, 2.75) is 0 Å². The number of morpholine rings is 1. The zero-order valence-electron chi connectivity index (χ0n) is 11.7. The van der Waals surface area contributed by atoms with Crippen LogP contribution in [0.2, 0.25) is 0 Å². The number of aliphatic imine (C=N–C) groups is 1. The summed E-state index contributed by atoms with van der Waals surface area (Å²) < 4.78 is 6.38. The van der Waals surface area contributed by atoms with Crippen LogP contribution < -0.4 is 4.90 Å². The van der Waals surface area contributed by atoms with E-state index in [2.05, 4.69) is 50.1 Å². The molecule has 4 heteroatoms. The summed E-state index contributed by atoms with van der Waals surface area (Å²) in [4.78, 5) is 6.86. The van der Waals surface area contributed by atoms with Gasteiger partial charge in [0.15, 0.2) is 0 Å². The minimum absolute atomic E-state index is 0.811. The number of anilines is 1. The summed E-state index contributed by atoms with van der Waals surface area (Å²) in [5.41, 5.74) is 3.29. The third-order valence-corrected chi connectivity index (χ3v) is 4.15. The molecule has 0 saturated carbocycles. The van der Waals surface area contributed by atoms with E-state index in [9.17, 15) is 0 Å². The number of hydrogen-bond acceptors (Lipinski definition) is 3. The Morgan fingerprint density at radius 1 is 1.00 bits per heavy atom. The molecule has 0 aromatic heterocycles. The average Bonchev–Trinajstić information content (AvgIpc) is 2.55. The lowest BCUT2D eigenvalue weighted by atomic mass is 10.2. The second-order valence-corrected chi connectivity index (χ2v) is 5.75. The highest BCUT2D eigenvalue weighted by atomic mass is 79.9. The monoisotopic (exact) mass is 344 g/mol. The molecule has 0 unspecified atom stereocenters. The molecule has 0 bridgehead atoms. The van der Waals surface area contributed by atoms with Gasteiger partial charge in [-0.05, 0) is 45.8 Å². The molecule has 1 saturated heterocycles. The third kappa shape index (κ3) is 3.71. The van der Waals surface area contributed by atoms with Gasteiger partial charge in [0.2, 0.25) is 0 Å². The maximum atomic E-state index is 5.38. The van der Waals surface area contributed by atoms with Crippen molar-refractivity contribution in [2.24, 2.45) is 4.99 Å². The van der Waals surface area contributed by atoms with Crippen molar-refractivity contribution in [1.82, 2.24) is 0 Å². The fourth-order valence-electron chi connectivity index (χ4n) is 2.29. The van der Waals surface area contributed by atoms with E-state index in [1.54, 1.807) is 0 Å². The molecule has 0 radical (unpaired) electrons. The normalized spacial score (nSPS) is 15.6. The summed E-state index contributed by atoms with van der Waals surface area (Å²) in [5, 5.41) is 0.